The minimum atomic E-state index is 0.0308. The van der Waals surface area contributed by atoms with E-state index < -0.39 is 0 Å². The third kappa shape index (κ3) is 5.14. The van der Waals surface area contributed by atoms with E-state index in [1.165, 1.54) is 10.4 Å². The molecule has 1 aromatic carbocycles. The molecule has 5 heteroatoms. The van der Waals surface area contributed by atoms with E-state index in [0.29, 0.717) is 6.54 Å². The van der Waals surface area contributed by atoms with E-state index in [1.807, 2.05) is 19.1 Å². The zero-order valence-electron chi connectivity index (χ0n) is 15.0. The zero-order valence-corrected chi connectivity index (χ0v) is 15.8. The average Bonchev–Trinajstić information content (AvgIpc) is 3.26. The molecule has 0 aliphatic carbocycles. The molecular weight excluding hydrogens is 332 g/mol. The van der Waals surface area contributed by atoms with Gasteiger partial charge in [-0.1, -0.05) is 18.2 Å². The Bertz CT molecular complexity index is 694. The second kappa shape index (κ2) is 8.61. The molecule has 25 heavy (non-hydrogen) atoms. The van der Waals surface area contributed by atoms with E-state index >= 15 is 0 Å². The van der Waals surface area contributed by atoms with Gasteiger partial charge in [0, 0.05) is 30.3 Å². The first-order valence-corrected chi connectivity index (χ1v) is 9.72. The maximum absolute atomic E-state index is 12.6. The van der Waals surface area contributed by atoms with E-state index in [1.54, 1.807) is 11.3 Å². The third-order valence-corrected chi connectivity index (χ3v) is 5.55. The number of nitrogens with zero attached hydrogens (tertiary/aromatic N) is 1. The molecule has 3 rings (SSSR count). The summed E-state index contributed by atoms with van der Waals surface area (Å²) in [6, 6.07) is 10.2. The average molecular weight is 359 g/mol. The van der Waals surface area contributed by atoms with Gasteiger partial charge < -0.3 is 10.1 Å². The van der Waals surface area contributed by atoms with E-state index in [0.717, 1.165) is 43.8 Å². The predicted molar refractivity (Wildman–Crippen MR) is 103 cm³/mol. The monoisotopic (exact) mass is 358 g/mol. The highest BCUT2D eigenvalue weighted by Crippen LogP contribution is 2.19. The number of anilines is 1. The topological polar surface area (TPSA) is 41.6 Å². The molecule has 134 valence electrons. The number of thiophene rings is 1. The smallest absolute Gasteiger partial charge is 0.238 e. The Morgan fingerprint density at radius 2 is 2.20 bits per heavy atom. The molecule has 1 saturated heterocycles. The van der Waals surface area contributed by atoms with Crippen LogP contribution in [0.2, 0.25) is 0 Å². The van der Waals surface area contributed by atoms with Gasteiger partial charge in [-0.15, -0.1) is 11.3 Å². The Morgan fingerprint density at radius 1 is 1.32 bits per heavy atom. The summed E-state index contributed by atoms with van der Waals surface area (Å²) >= 11 is 1.73. The van der Waals surface area contributed by atoms with Crippen LogP contribution in [0.1, 0.15) is 28.8 Å². The molecule has 4 nitrogen and oxygen atoms in total. The predicted octanol–water partition coefficient (Wildman–Crippen LogP) is 3.98. The SMILES string of the molecule is Cc1cccc(NC(=O)CN(Cc2cccs2)C[C@@H]2CCCO2)c1C. The van der Waals surface area contributed by atoms with E-state index in [4.69, 9.17) is 4.74 Å². The molecule has 0 bridgehead atoms. The van der Waals surface area contributed by atoms with Crippen molar-refractivity contribution >= 4 is 22.9 Å². The number of carbonyl (C=O) groups is 1. The van der Waals surface area contributed by atoms with Crippen LogP contribution in [0.5, 0.6) is 0 Å². The third-order valence-electron chi connectivity index (χ3n) is 4.69. The zero-order chi connectivity index (χ0) is 17.6. The second-order valence-corrected chi connectivity index (χ2v) is 7.71. The Hall–Kier alpha value is -1.69. The standard InChI is InChI=1S/C20H26N2O2S/c1-15-6-3-9-19(16(15)2)21-20(23)14-22(12-17-7-4-10-24-17)13-18-8-5-11-25-18/h3,5-6,8-9,11,17H,4,7,10,12-14H2,1-2H3,(H,21,23)/t17-/m0/s1. The summed E-state index contributed by atoms with van der Waals surface area (Å²) in [6.45, 7) is 6.92. The van der Waals surface area contributed by atoms with Gasteiger partial charge in [0.1, 0.15) is 0 Å². The van der Waals surface area contributed by atoms with Crippen molar-refractivity contribution in [1.82, 2.24) is 4.90 Å². The fraction of sp³-hybridized carbons (Fsp3) is 0.450. The summed E-state index contributed by atoms with van der Waals surface area (Å²) in [4.78, 5) is 16.1. The minimum Gasteiger partial charge on any atom is -0.377 e. The maximum Gasteiger partial charge on any atom is 0.238 e. The highest BCUT2D eigenvalue weighted by Gasteiger charge is 2.21. The summed E-state index contributed by atoms with van der Waals surface area (Å²) < 4.78 is 5.77. The summed E-state index contributed by atoms with van der Waals surface area (Å²) in [6.07, 6.45) is 2.44. The Labute approximate surface area is 153 Å². The first-order valence-electron chi connectivity index (χ1n) is 8.84. The minimum absolute atomic E-state index is 0.0308. The van der Waals surface area contributed by atoms with Gasteiger partial charge in [-0.25, -0.2) is 0 Å². The van der Waals surface area contributed by atoms with Crippen LogP contribution in [0.15, 0.2) is 35.7 Å². The lowest BCUT2D eigenvalue weighted by molar-refractivity contribution is -0.117. The quantitative estimate of drug-likeness (QED) is 0.814. The van der Waals surface area contributed by atoms with Crippen molar-refractivity contribution in [3.63, 3.8) is 0 Å². The van der Waals surface area contributed by atoms with E-state index in [2.05, 4.69) is 40.7 Å². The number of benzene rings is 1. The van der Waals surface area contributed by atoms with Crippen LogP contribution in [0, 0.1) is 13.8 Å². The lowest BCUT2D eigenvalue weighted by Crippen LogP contribution is -2.37. The summed E-state index contributed by atoms with van der Waals surface area (Å²) in [7, 11) is 0. The van der Waals surface area contributed by atoms with Crippen molar-refractivity contribution in [1.29, 1.82) is 0 Å². The highest BCUT2D eigenvalue weighted by molar-refractivity contribution is 7.09. The molecule has 2 aromatic rings. The highest BCUT2D eigenvalue weighted by atomic mass is 32.1. The van der Waals surface area contributed by atoms with Gasteiger partial charge in [-0.3, -0.25) is 9.69 Å². The lowest BCUT2D eigenvalue weighted by atomic mass is 10.1. The largest absolute Gasteiger partial charge is 0.377 e. The Morgan fingerprint density at radius 3 is 2.92 bits per heavy atom. The van der Waals surface area contributed by atoms with Crippen LogP contribution in [-0.4, -0.2) is 36.6 Å². The van der Waals surface area contributed by atoms with E-state index in [-0.39, 0.29) is 12.0 Å². The van der Waals surface area contributed by atoms with Crippen molar-refractivity contribution in [2.24, 2.45) is 0 Å². The number of hydrogen-bond acceptors (Lipinski definition) is 4. The van der Waals surface area contributed by atoms with E-state index in [9.17, 15) is 4.79 Å². The van der Waals surface area contributed by atoms with Crippen molar-refractivity contribution in [3.05, 3.63) is 51.7 Å². The Kier molecular flexibility index (Phi) is 6.24. The molecule has 0 radical (unpaired) electrons. The molecule has 0 unspecified atom stereocenters. The molecule has 1 atom stereocenters. The van der Waals surface area contributed by atoms with Gasteiger partial charge in [-0.2, -0.15) is 0 Å². The summed E-state index contributed by atoms with van der Waals surface area (Å²) in [5, 5.41) is 5.15. The first kappa shape index (κ1) is 18.1. The van der Waals surface area contributed by atoms with Gasteiger partial charge in [-0.05, 0) is 55.3 Å². The lowest BCUT2D eigenvalue weighted by Gasteiger charge is -2.24. The van der Waals surface area contributed by atoms with Crippen molar-refractivity contribution in [3.8, 4) is 0 Å². The van der Waals surface area contributed by atoms with Gasteiger partial charge in [0.05, 0.1) is 12.6 Å². The van der Waals surface area contributed by atoms with Gasteiger partial charge >= 0.3 is 0 Å². The van der Waals surface area contributed by atoms with Gasteiger partial charge in [0.15, 0.2) is 0 Å². The normalized spacial score (nSPS) is 17.2. The molecule has 2 heterocycles. The first-order chi connectivity index (χ1) is 12.1. The molecular formula is C20H26N2O2S. The number of rotatable bonds is 7. The van der Waals surface area contributed by atoms with Crippen LogP contribution < -0.4 is 5.32 Å². The molecule has 1 amide bonds. The van der Waals surface area contributed by atoms with Gasteiger partial charge in [0.2, 0.25) is 5.91 Å². The molecule has 0 saturated carbocycles. The number of ether oxygens (including phenoxy) is 1. The van der Waals surface area contributed by atoms with Crippen LogP contribution in [0.3, 0.4) is 0 Å². The molecule has 1 aromatic heterocycles. The van der Waals surface area contributed by atoms with Gasteiger partial charge in [0.25, 0.3) is 0 Å². The van der Waals surface area contributed by atoms with Crippen LogP contribution in [0.4, 0.5) is 5.69 Å². The number of carbonyl (C=O) groups excluding carboxylic acids is 1. The molecule has 1 fully saturated rings. The molecule has 0 spiro atoms. The number of amides is 1. The van der Waals surface area contributed by atoms with Crippen LogP contribution in [0.25, 0.3) is 0 Å². The van der Waals surface area contributed by atoms with Crippen LogP contribution in [-0.2, 0) is 16.1 Å². The second-order valence-electron chi connectivity index (χ2n) is 6.68. The number of hydrogen-bond donors (Lipinski definition) is 1. The summed E-state index contributed by atoms with van der Waals surface area (Å²) in [5.41, 5.74) is 3.21. The fourth-order valence-corrected chi connectivity index (χ4v) is 3.91. The van der Waals surface area contributed by atoms with Crippen molar-refractivity contribution < 1.29 is 9.53 Å². The molecule has 1 aliphatic heterocycles. The summed E-state index contributed by atoms with van der Waals surface area (Å²) in [5.74, 6) is 0.0308. The Balaban J connectivity index is 1.63. The number of aryl methyl sites for hydroxylation is 1. The fourth-order valence-electron chi connectivity index (χ4n) is 3.16. The van der Waals surface area contributed by atoms with Crippen LogP contribution >= 0.6 is 11.3 Å². The van der Waals surface area contributed by atoms with Crippen molar-refractivity contribution in [2.45, 2.75) is 39.3 Å². The number of nitrogens with one attached hydrogen (secondary N) is 1. The molecule has 1 aliphatic rings. The maximum atomic E-state index is 12.6. The van der Waals surface area contributed by atoms with Crippen molar-refractivity contribution in [2.75, 3.05) is 25.0 Å². The molecule has 1 N–H and O–H groups in total.